The Balaban J connectivity index is 1.40. The third-order valence-corrected chi connectivity index (χ3v) is 5.92. The fourth-order valence-electron chi connectivity index (χ4n) is 4.26. The first kappa shape index (κ1) is 19.2. The predicted octanol–water partition coefficient (Wildman–Crippen LogP) is 3.80. The lowest BCUT2D eigenvalue weighted by Crippen LogP contribution is -2.43. The summed E-state index contributed by atoms with van der Waals surface area (Å²) in [5.74, 6) is 1.68. The van der Waals surface area contributed by atoms with Crippen LogP contribution in [0.5, 0.6) is 5.75 Å². The van der Waals surface area contributed by atoms with E-state index < -0.39 is 0 Å². The summed E-state index contributed by atoms with van der Waals surface area (Å²) in [7, 11) is 0. The number of rotatable bonds is 5. The maximum Gasteiger partial charge on any atom is 0.225 e. The summed E-state index contributed by atoms with van der Waals surface area (Å²) in [6.45, 7) is 9.84. The van der Waals surface area contributed by atoms with E-state index in [-0.39, 0.29) is 5.92 Å². The molecule has 0 radical (unpaired) electrons. The van der Waals surface area contributed by atoms with Gasteiger partial charge in [0.25, 0.3) is 0 Å². The van der Waals surface area contributed by atoms with E-state index >= 15 is 0 Å². The monoisotopic (exact) mass is 358 g/mol. The Labute approximate surface area is 158 Å². The molecule has 2 aliphatic heterocycles. The predicted molar refractivity (Wildman–Crippen MR) is 106 cm³/mol. The molecular weight excluding hydrogens is 324 g/mol. The molecule has 1 amide bonds. The molecule has 1 aromatic rings. The van der Waals surface area contributed by atoms with Gasteiger partial charge in [-0.2, -0.15) is 0 Å². The highest BCUT2D eigenvalue weighted by atomic mass is 16.5. The van der Waals surface area contributed by atoms with Crippen LogP contribution in [0.15, 0.2) is 18.2 Å². The lowest BCUT2D eigenvalue weighted by Gasteiger charge is -2.34. The summed E-state index contributed by atoms with van der Waals surface area (Å²) in [5, 5.41) is 0. The van der Waals surface area contributed by atoms with Gasteiger partial charge in [-0.3, -0.25) is 9.69 Å². The van der Waals surface area contributed by atoms with Crippen LogP contribution >= 0.6 is 0 Å². The van der Waals surface area contributed by atoms with Crippen molar-refractivity contribution in [3.8, 4) is 5.75 Å². The lowest BCUT2D eigenvalue weighted by atomic mass is 9.95. The molecule has 0 aliphatic carbocycles. The largest absolute Gasteiger partial charge is 0.492 e. The van der Waals surface area contributed by atoms with E-state index in [1.54, 1.807) is 0 Å². The molecule has 0 atom stereocenters. The van der Waals surface area contributed by atoms with Gasteiger partial charge in [0, 0.05) is 25.6 Å². The van der Waals surface area contributed by atoms with Crippen molar-refractivity contribution in [1.82, 2.24) is 9.80 Å². The summed E-state index contributed by atoms with van der Waals surface area (Å²) < 4.78 is 6.04. The van der Waals surface area contributed by atoms with E-state index in [1.165, 1.54) is 36.8 Å². The molecule has 0 aromatic heterocycles. The third-order valence-electron chi connectivity index (χ3n) is 5.92. The second-order valence-electron chi connectivity index (χ2n) is 7.92. The van der Waals surface area contributed by atoms with Gasteiger partial charge in [0.15, 0.2) is 0 Å². The number of benzene rings is 1. The number of carbonyl (C=O) groups is 1. The van der Waals surface area contributed by atoms with Crippen molar-refractivity contribution >= 4 is 5.91 Å². The van der Waals surface area contributed by atoms with Gasteiger partial charge in [0.1, 0.15) is 12.4 Å². The second-order valence-corrected chi connectivity index (χ2v) is 7.92. The maximum absolute atomic E-state index is 12.8. The molecule has 2 heterocycles. The Morgan fingerprint density at radius 1 is 1.00 bits per heavy atom. The average Bonchev–Trinajstić information content (AvgIpc) is 2.93. The fourth-order valence-corrected chi connectivity index (χ4v) is 4.26. The Morgan fingerprint density at radius 2 is 1.62 bits per heavy atom. The molecule has 0 unspecified atom stereocenters. The standard InChI is InChI=1S/C22H34N2O2/c1-18-8-7-9-19(2)21(18)26-17-16-23-14-10-20(11-15-23)22(25)24-12-5-3-4-6-13-24/h7-9,20H,3-6,10-17H2,1-2H3. The number of hydrogen-bond donors (Lipinski definition) is 0. The normalized spacial score (nSPS) is 20.0. The van der Waals surface area contributed by atoms with E-state index in [2.05, 4.69) is 41.8 Å². The van der Waals surface area contributed by atoms with Crippen LogP contribution < -0.4 is 4.74 Å². The number of piperidine rings is 1. The summed E-state index contributed by atoms with van der Waals surface area (Å²) in [5.41, 5.74) is 2.40. The fraction of sp³-hybridized carbons (Fsp3) is 0.682. The van der Waals surface area contributed by atoms with Gasteiger partial charge in [-0.05, 0) is 63.7 Å². The van der Waals surface area contributed by atoms with Crippen molar-refractivity contribution in [3.05, 3.63) is 29.3 Å². The smallest absolute Gasteiger partial charge is 0.225 e. The van der Waals surface area contributed by atoms with Crippen LogP contribution in [0, 0.1) is 19.8 Å². The quantitative estimate of drug-likeness (QED) is 0.803. The van der Waals surface area contributed by atoms with Crippen molar-refractivity contribution in [2.75, 3.05) is 39.3 Å². The van der Waals surface area contributed by atoms with E-state index in [4.69, 9.17) is 4.74 Å². The minimum atomic E-state index is 0.240. The molecule has 144 valence electrons. The number of amides is 1. The molecule has 3 rings (SSSR count). The first-order valence-corrected chi connectivity index (χ1v) is 10.4. The van der Waals surface area contributed by atoms with E-state index in [0.717, 1.165) is 57.9 Å². The molecule has 0 N–H and O–H groups in total. The molecule has 1 aromatic carbocycles. The number of ether oxygens (including phenoxy) is 1. The van der Waals surface area contributed by atoms with Gasteiger partial charge >= 0.3 is 0 Å². The zero-order valence-electron chi connectivity index (χ0n) is 16.5. The SMILES string of the molecule is Cc1cccc(C)c1OCCN1CCC(C(=O)N2CCCCCC2)CC1. The first-order chi connectivity index (χ1) is 12.6. The number of hydrogen-bond acceptors (Lipinski definition) is 3. The van der Waals surface area contributed by atoms with E-state index in [9.17, 15) is 4.79 Å². The lowest BCUT2D eigenvalue weighted by molar-refractivity contribution is -0.137. The number of carbonyl (C=O) groups excluding carboxylic acids is 1. The molecule has 4 nitrogen and oxygen atoms in total. The van der Waals surface area contributed by atoms with Crippen LogP contribution in [0.4, 0.5) is 0 Å². The second kappa shape index (κ2) is 9.40. The van der Waals surface area contributed by atoms with Crippen molar-refractivity contribution < 1.29 is 9.53 Å². The number of para-hydroxylation sites is 1. The van der Waals surface area contributed by atoms with Crippen molar-refractivity contribution in [2.24, 2.45) is 5.92 Å². The average molecular weight is 359 g/mol. The van der Waals surface area contributed by atoms with Gasteiger partial charge in [0.05, 0.1) is 0 Å². The van der Waals surface area contributed by atoms with Crippen LogP contribution in [0.25, 0.3) is 0 Å². The van der Waals surface area contributed by atoms with Crippen LogP contribution in [0.3, 0.4) is 0 Å². The van der Waals surface area contributed by atoms with Gasteiger partial charge in [0.2, 0.25) is 5.91 Å². The van der Waals surface area contributed by atoms with E-state index in [0.29, 0.717) is 5.91 Å². The highest BCUT2D eigenvalue weighted by Gasteiger charge is 2.28. The van der Waals surface area contributed by atoms with Crippen LogP contribution in [-0.4, -0.2) is 55.0 Å². The molecule has 0 spiro atoms. The number of nitrogens with zero attached hydrogens (tertiary/aromatic N) is 2. The van der Waals surface area contributed by atoms with Crippen molar-refractivity contribution in [1.29, 1.82) is 0 Å². The van der Waals surface area contributed by atoms with Crippen LogP contribution in [-0.2, 0) is 4.79 Å². The summed E-state index contributed by atoms with van der Waals surface area (Å²) in [6, 6.07) is 6.27. The minimum absolute atomic E-state index is 0.240. The minimum Gasteiger partial charge on any atom is -0.492 e. The van der Waals surface area contributed by atoms with Crippen LogP contribution in [0.1, 0.15) is 49.7 Å². The van der Waals surface area contributed by atoms with Crippen molar-refractivity contribution in [3.63, 3.8) is 0 Å². The highest BCUT2D eigenvalue weighted by molar-refractivity contribution is 5.79. The topological polar surface area (TPSA) is 32.8 Å². The number of aryl methyl sites for hydroxylation is 2. The molecule has 4 heteroatoms. The Hall–Kier alpha value is -1.55. The van der Waals surface area contributed by atoms with E-state index in [1.807, 2.05) is 0 Å². The van der Waals surface area contributed by atoms with Gasteiger partial charge in [-0.1, -0.05) is 31.0 Å². The summed E-state index contributed by atoms with van der Waals surface area (Å²) in [4.78, 5) is 17.3. The zero-order chi connectivity index (χ0) is 18.4. The third kappa shape index (κ3) is 5.00. The molecule has 26 heavy (non-hydrogen) atoms. The molecule has 2 aliphatic rings. The molecular formula is C22H34N2O2. The molecule has 2 fully saturated rings. The summed E-state index contributed by atoms with van der Waals surface area (Å²) in [6.07, 6.45) is 6.92. The Bertz CT molecular complexity index is 566. The molecule has 2 saturated heterocycles. The Morgan fingerprint density at radius 3 is 2.23 bits per heavy atom. The van der Waals surface area contributed by atoms with Crippen molar-refractivity contribution in [2.45, 2.75) is 52.4 Å². The van der Waals surface area contributed by atoms with Crippen LogP contribution in [0.2, 0.25) is 0 Å². The van der Waals surface area contributed by atoms with Gasteiger partial charge in [-0.15, -0.1) is 0 Å². The van der Waals surface area contributed by atoms with Gasteiger partial charge in [-0.25, -0.2) is 0 Å². The molecule has 0 saturated carbocycles. The highest BCUT2D eigenvalue weighted by Crippen LogP contribution is 2.24. The first-order valence-electron chi connectivity index (χ1n) is 10.4. The molecule has 0 bridgehead atoms. The summed E-state index contributed by atoms with van der Waals surface area (Å²) >= 11 is 0. The maximum atomic E-state index is 12.8. The van der Waals surface area contributed by atoms with Gasteiger partial charge < -0.3 is 9.64 Å². The number of likely N-dealkylation sites (tertiary alicyclic amines) is 2. The Kier molecular flexibility index (Phi) is 6.95. The zero-order valence-corrected chi connectivity index (χ0v) is 16.5.